The summed E-state index contributed by atoms with van der Waals surface area (Å²) >= 11 is 1.78. The molecular formula is C16H21NO3S. The number of carbonyl (C=O) groups excluding carboxylic acids is 1. The molecule has 0 atom stereocenters. The van der Waals surface area contributed by atoms with E-state index in [0.29, 0.717) is 26.1 Å². The molecule has 2 aromatic rings. The van der Waals surface area contributed by atoms with Crippen molar-refractivity contribution < 1.29 is 13.9 Å². The highest BCUT2D eigenvalue weighted by Gasteiger charge is 2.12. The number of carbonyl (C=O) groups is 1. The van der Waals surface area contributed by atoms with E-state index < -0.39 is 0 Å². The fraction of sp³-hybridized carbons (Fsp3) is 0.438. The van der Waals surface area contributed by atoms with E-state index in [9.17, 15) is 4.79 Å². The maximum Gasteiger partial charge on any atom is 0.307 e. The first-order chi connectivity index (χ1) is 10.2. The molecule has 0 saturated carbocycles. The number of furan rings is 1. The fourth-order valence-corrected chi connectivity index (χ4v) is 3.04. The first kappa shape index (κ1) is 15.8. The summed E-state index contributed by atoms with van der Waals surface area (Å²) in [5.74, 6) is 0.761. The average Bonchev–Trinajstić information content (AvgIpc) is 3.08. The molecule has 2 rings (SSSR count). The van der Waals surface area contributed by atoms with Gasteiger partial charge in [-0.05, 0) is 38.1 Å². The summed E-state index contributed by atoms with van der Waals surface area (Å²) in [6.07, 6.45) is 2.08. The van der Waals surface area contributed by atoms with Gasteiger partial charge in [-0.25, -0.2) is 0 Å². The number of thiophene rings is 1. The number of esters is 1. The Morgan fingerprint density at radius 2 is 2.19 bits per heavy atom. The summed E-state index contributed by atoms with van der Waals surface area (Å²) in [5.41, 5.74) is 0. The van der Waals surface area contributed by atoms with Crippen LogP contribution in [-0.2, 0) is 22.6 Å². The van der Waals surface area contributed by atoms with E-state index in [0.717, 1.165) is 12.3 Å². The zero-order valence-corrected chi connectivity index (χ0v) is 13.3. The van der Waals surface area contributed by atoms with E-state index in [1.165, 1.54) is 9.75 Å². The van der Waals surface area contributed by atoms with Crippen molar-refractivity contribution >= 4 is 17.3 Å². The third-order valence-electron chi connectivity index (χ3n) is 3.07. The molecule has 0 spiro atoms. The van der Waals surface area contributed by atoms with Gasteiger partial charge in [0.15, 0.2) is 0 Å². The van der Waals surface area contributed by atoms with Crippen molar-refractivity contribution in [3.05, 3.63) is 46.0 Å². The van der Waals surface area contributed by atoms with E-state index in [2.05, 4.69) is 24.0 Å². The van der Waals surface area contributed by atoms with Crippen LogP contribution in [-0.4, -0.2) is 24.0 Å². The van der Waals surface area contributed by atoms with Crippen molar-refractivity contribution in [2.24, 2.45) is 0 Å². The molecule has 2 aromatic heterocycles. The molecule has 2 heterocycles. The van der Waals surface area contributed by atoms with E-state index in [4.69, 9.17) is 9.15 Å². The second-order valence-corrected chi connectivity index (χ2v) is 6.23. The summed E-state index contributed by atoms with van der Waals surface area (Å²) in [4.78, 5) is 16.3. The maximum atomic E-state index is 11.5. The quantitative estimate of drug-likeness (QED) is 0.699. The molecule has 114 valence electrons. The highest BCUT2D eigenvalue weighted by atomic mass is 32.1. The normalized spacial score (nSPS) is 11.0. The molecule has 21 heavy (non-hydrogen) atoms. The van der Waals surface area contributed by atoms with Crippen LogP contribution < -0.4 is 0 Å². The third-order valence-corrected chi connectivity index (χ3v) is 4.06. The number of ether oxygens (including phenoxy) is 1. The SMILES string of the molecule is CCOC(=O)CCN(Cc1ccco1)Cc1ccc(C)s1. The first-order valence-corrected chi connectivity index (χ1v) is 7.94. The molecule has 0 N–H and O–H groups in total. The van der Waals surface area contributed by atoms with E-state index in [1.807, 2.05) is 19.1 Å². The lowest BCUT2D eigenvalue weighted by Gasteiger charge is -2.20. The Kier molecular flexibility index (Phi) is 6.02. The van der Waals surface area contributed by atoms with Gasteiger partial charge in [0.25, 0.3) is 0 Å². The molecule has 5 heteroatoms. The van der Waals surface area contributed by atoms with Gasteiger partial charge in [0.1, 0.15) is 5.76 Å². The standard InChI is InChI=1S/C16H21NO3S/c1-3-19-16(18)8-9-17(11-14-5-4-10-20-14)12-15-7-6-13(2)21-15/h4-7,10H,3,8-9,11-12H2,1-2H3. The molecule has 0 fully saturated rings. The van der Waals surface area contributed by atoms with Gasteiger partial charge in [0, 0.05) is 22.8 Å². The number of hydrogen-bond acceptors (Lipinski definition) is 5. The number of nitrogens with zero attached hydrogens (tertiary/aromatic N) is 1. The topological polar surface area (TPSA) is 42.7 Å². The third kappa shape index (κ3) is 5.36. The van der Waals surface area contributed by atoms with Crippen molar-refractivity contribution in [2.45, 2.75) is 33.4 Å². The van der Waals surface area contributed by atoms with Crippen LogP contribution in [0.4, 0.5) is 0 Å². The highest BCUT2D eigenvalue weighted by molar-refractivity contribution is 7.11. The monoisotopic (exact) mass is 307 g/mol. The Bertz CT molecular complexity index is 548. The lowest BCUT2D eigenvalue weighted by atomic mass is 10.3. The Hall–Kier alpha value is -1.59. The van der Waals surface area contributed by atoms with Gasteiger partial charge in [-0.1, -0.05) is 0 Å². The van der Waals surface area contributed by atoms with Crippen LogP contribution in [0.5, 0.6) is 0 Å². The minimum atomic E-state index is -0.149. The largest absolute Gasteiger partial charge is 0.468 e. The van der Waals surface area contributed by atoms with E-state index >= 15 is 0 Å². The molecule has 0 aliphatic heterocycles. The Morgan fingerprint density at radius 3 is 2.81 bits per heavy atom. The molecular weight excluding hydrogens is 286 g/mol. The smallest absolute Gasteiger partial charge is 0.307 e. The van der Waals surface area contributed by atoms with Gasteiger partial charge in [-0.15, -0.1) is 11.3 Å². The van der Waals surface area contributed by atoms with Crippen molar-refractivity contribution in [2.75, 3.05) is 13.2 Å². The minimum Gasteiger partial charge on any atom is -0.468 e. The van der Waals surface area contributed by atoms with Crippen LogP contribution in [0.1, 0.15) is 28.9 Å². The Morgan fingerprint density at radius 1 is 1.33 bits per heavy atom. The summed E-state index contributed by atoms with van der Waals surface area (Å²) in [7, 11) is 0. The van der Waals surface area contributed by atoms with Gasteiger partial charge in [-0.2, -0.15) is 0 Å². The van der Waals surface area contributed by atoms with Crippen LogP contribution >= 0.6 is 11.3 Å². The Balaban J connectivity index is 1.94. The van der Waals surface area contributed by atoms with Gasteiger partial charge >= 0.3 is 5.97 Å². The van der Waals surface area contributed by atoms with Crippen molar-refractivity contribution in [3.8, 4) is 0 Å². The maximum absolute atomic E-state index is 11.5. The molecule has 0 saturated heterocycles. The summed E-state index contributed by atoms with van der Waals surface area (Å²) in [5, 5.41) is 0. The molecule has 0 radical (unpaired) electrons. The first-order valence-electron chi connectivity index (χ1n) is 7.13. The second-order valence-electron chi connectivity index (χ2n) is 4.86. The van der Waals surface area contributed by atoms with Crippen LogP contribution in [0, 0.1) is 6.92 Å². The number of hydrogen-bond donors (Lipinski definition) is 0. The molecule has 0 bridgehead atoms. The molecule has 0 unspecified atom stereocenters. The summed E-state index contributed by atoms with van der Waals surface area (Å²) < 4.78 is 10.4. The van der Waals surface area contributed by atoms with Crippen LogP contribution in [0.3, 0.4) is 0 Å². The second kappa shape index (κ2) is 8.00. The van der Waals surface area contributed by atoms with Crippen molar-refractivity contribution in [1.82, 2.24) is 4.90 Å². The van der Waals surface area contributed by atoms with Gasteiger partial charge in [-0.3, -0.25) is 9.69 Å². The van der Waals surface area contributed by atoms with Crippen molar-refractivity contribution in [3.63, 3.8) is 0 Å². The molecule has 0 amide bonds. The van der Waals surface area contributed by atoms with Crippen LogP contribution in [0.15, 0.2) is 34.9 Å². The minimum absolute atomic E-state index is 0.149. The predicted molar refractivity (Wildman–Crippen MR) is 83.1 cm³/mol. The number of rotatable bonds is 8. The summed E-state index contributed by atoms with van der Waals surface area (Å²) in [6, 6.07) is 8.10. The average molecular weight is 307 g/mol. The van der Waals surface area contributed by atoms with Crippen molar-refractivity contribution in [1.29, 1.82) is 0 Å². The van der Waals surface area contributed by atoms with Gasteiger partial charge in [0.05, 0.1) is 25.8 Å². The molecule has 0 aliphatic carbocycles. The van der Waals surface area contributed by atoms with E-state index in [-0.39, 0.29) is 5.97 Å². The lowest BCUT2D eigenvalue weighted by Crippen LogP contribution is -2.25. The predicted octanol–water partition coefficient (Wildman–Crippen LogP) is 3.60. The zero-order chi connectivity index (χ0) is 15.1. The zero-order valence-electron chi connectivity index (χ0n) is 12.5. The molecule has 0 aromatic carbocycles. The van der Waals surface area contributed by atoms with Gasteiger partial charge < -0.3 is 9.15 Å². The lowest BCUT2D eigenvalue weighted by molar-refractivity contribution is -0.143. The summed E-state index contributed by atoms with van der Waals surface area (Å²) in [6.45, 7) is 6.54. The highest BCUT2D eigenvalue weighted by Crippen LogP contribution is 2.18. The fourth-order valence-electron chi connectivity index (χ4n) is 2.11. The molecule has 4 nitrogen and oxygen atoms in total. The van der Waals surface area contributed by atoms with Gasteiger partial charge in [0.2, 0.25) is 0 Å². The Labute approximate surface area is 129 Å². The van der Waals surface area contributed by atoms with Crippen LogP contribution in [0.2, 0.25) is 0 Å². The van der Waals surface area contributed by atoms with Crippen LogP contribution in [0.25, 0.3) is 0 Å². The number of aryl methyl sites for hydroxylation is 1. The van der Waals surface area contributed by atoms with E-state index in [1.54, 1.807) is 17.6 Å². The molecule has 0 aliphatic rings.